The fourth-order valence-corrected chi connectivity index (χ4v) is 2.83. The molecular weight excluding hydrogens is 294 g/mol. The third kappa shape index (κ3) is 6.20. The number of aliphatic hydroxyl groups excluding tert-OH is 1. The highest BCUT2D eigenvalue weighted by atomic mass is 16.5. The maximum Gasteiger partial charge on any atom is 0.220 e. The number of benzene rings is 1. The number of ether oxygens (including phenoxy) is 2. The van der Waals surface area contributed by atoms with Crippen molar-refractivity contribution in [1.82, 2.24) is 5.32 Å². The van der Waals surface area contributed by atoms with Crippen LogP contribution in [0, 0.1) is 5.92 Å². The Hall–Kier alpha value is -1.59. The average Bonchev–Trinajstić information content (AvgIpc) is 2.61. The first kappa shape index (κ1) is 17.8. The van der Waals surface area contributed by atoms with E-state index in [0.717, 1.165) is 37.4 Å². The van der Waals surface area contributed by atoms with Crippen LogP contribution in [0.1, 0.15) is 31.2 Å². The van der Waals surface area contributed by atoms with E-state index in [2.05, 4.69) is 5.32 Å². The summed E-state index contributed by atoms with van der Waals surface area (Å²) in [7, 11) is 1.64. The highest BCUT2D eigenvalue weighted by Gasteiger charge is 2.21. The molecule has 0 aliphatic carbocycles. The van der Waals surface area contributed by atoms with E-state index in [9.17, 15) is 9.90 Å². The van der Waals surface area contributed by atoms with Crippen LogP contribution in [-0.2, 0) is 16.0 Å². The molecular formula is C18H27NO4. The average molecular weight is 321 g/mol. The van der Waals surface area contributed by atoms with Crippen LogP contribution in [0.3, 0.4) is 0 Å². The lowest BCUT2D eigenvalue weighted by Gasteiger charge is -2.26. The Kier molecular flexibility index (Phi) is 7.36. The number of rotatable bonds is 8. The molecule has 1 aliphatic rings. The minimum Gasteiger partial charge on any atom is -0.497 e. The minimum atomic E-state index is -0.346. The van der Waals surface area contributed by atoms with E-state index in [1.165, 1.54) is 0 Å². The number of hydrogen-bond donors (Lipinski definition) is 2. The first-order chi connectivity index (χ1) is 11.2. The van der Waals surface area contributed by atoms with Crippen molar-refractivity contribution < 1.29 is 19.4 Å². The summed E-state index contributed by atoms with van der Waals surface area (Å²) in [5.74, 6) is 1.15. The van der Waals surface area contributed by atoms with Crippen molar-refractivity contribution in [3.05, 3.63) is 29.8 Å². The molecule has 0 bridgehead atoms. The summed E-state index contributed by atoms with van der Waals surface area (Å²) < 4.78 is 10.4. The molecule has 1 fully saturated rings. The van der Waals surface area contributed by atoms with Crippen molar-refractivity contribution in [1.29, 1.82) is 0 Å². The molecule has 1 heterocycles. The standard InChI is InChI=1S/C18H27NO4/c1-22-16-5-2-14(3-6-16)4-7-18(21)19-11-8-17(20)15-9-12-23-13-10-15/h2-3,5-6,15,17,20H,4,7-13H2,1H3,(H,19,21). The first-order valence-corrected chi connectivity index (χ1v) is 8.34. The summed E-state index contributed by atoms with van der Waals surface area (Å²) in [5.41, 5.74) is 1.11. The molecule has 128 valence electrons. The van der Waals surface area contributed by atoms with E-state index in [-0.39, 0.29) is 12.0 Å². The number of methoxy groups -OCH3 is 1. The smallest absolute Gasteiger partial charge is 0.220 e. The minimum absolute atomic E-state index is 0.0278. The lowest BCUT2D eigenvalue weighted by atomic mass is 9.92. The van der Waals surface area contributed by atoms with Gasteiger partial charge in [0.2, 0.25) is 5.91 Å². The summed E-state index contributed by atoms with van der Waals surface area (Å²) in [6.07, 6.45) is 3.25. The number of hydrogen-bond acceptors (Lipinski definition) is 4. The van der Waals surface area contributed by atoms with Gasteiger partial charge in [-0.2, -0.15) is 0 Å². The van der Waals surface area contributed by atoms with Crippen molar-refractivity contribution >= 4 is 5.91 Å². The van der Waals surface area contributed by atoms with Crippen LogP contribution < -0.4 is 10.1 Å². The molecule has 2 rings (SSSR count). The van der Waals surface area contributed by atoms with Crippen LogP contribution in [0.4, 0.5) is 0 Å². The number of carbonyl (C=O) groups is 1. The van der Waals surface area contributed by atoms with Gasteiger partial charge in [-0.1, -0.05) is 12.1 Å². The second-order valence-corrected chi connectivity index (χ2v) is 6.00. The van der Waals surface area contributed by atoms with E-state index < -0.39 is 0 Å². The maximum absolute atomic E-state index is 11.9. The molecule has 1 aliphatic heterocycles. The number of aryl methyl sites for hydroxylation is 1. The van der Waals surface area contributed by atoms with Gasteiger partial charge < -0.3 is 19.9 Å². The molecule has 2 N–H and O–H groups in total. The maximum atomic E-state index is 11.9. The van der Waals surface area contributed by atoms with E-state index in [4.69, 9.17) is 9.47 Å². The predicted molar refractivity (Wildman–Crippen MR) is 88.5 cm³/mol. The van der Waals surface area contributed by atoms with Crippen LogP contribution in [0.5, 0.6) is 5.75 Å². The van der Waals surface area contributed by atoms with Crippen molar-refractivity contribution in [2.75, 3.05) is 26.9 Å². The third-order valence-corrected chi connectivity index (χ3v) is 4.37. The largest absolute Gasteiger partial charge is 0.497 e. The summed E-state index contributed by atoms with van der Waals surface area (Å²) in [5, 5.41) is 13.0. The summed E-state index contributed by atoms with van der Waals surface area (Å²) in [6.45, 7) is 1.99. The van der Waals surface area contributed by atoms with Crippen LogP contribution in [0.2, 0.25) is 0 Å². The van der Waals surface area contributed by atoms with E-state index in [1.807, 2.05) is 24.3 Å². The third-order valence-electron chi connectivity index (χ3n) is 4.37. The van der Waals surface area contributed by atoms with Gasteiger partial charge in [0.05, 0.1) is 13.2 Å². The molecule has 1 amide bonds. The Labute approximate surface area is 138 Å². The monoisotopic (exact) mass is 321 g/mol. The highest BCUT2D eigenvalue weighted by molar-refractivity contribution is 5.76. The van der Waals surface area contributed by atoms with Gasteiger partial charge in [0.25, 0.3) is 0 Å². The second-order valence-electron chi connectivity index (χ2n) is 6.00. The molecule has 5 heteroatoms. The molecule has 5 nitrogen and oxygen atoms in total. The quantitative estimate of drug-likeness (QED) is 0.768. The Morgan fingerprint density at radius 2 is 2.04 bits per heavy atom. The van der Waals surface area contributed by atoms with Crippen LogP contribution >= 0.6 is 0 Å². The zero-order valence-electron chi connectivity index (χ0n) is 13.8. The number of nitrogens with one attached hydrogen (secondary N) is 1. The van der Waals surface area contributed by atoms with E-state index >= 15 is 0 Å². The molecule has 1 atom stereocenters. The van der Waals surface area contributed by atoms with Crippen molar-refractivity contribution in [2.45, 2.75) is 38.2 Å². The normalized spacial score (nSPS) is 16.8. The molecule has 0 radical (unpaired) electrons. The highest BCUT2D eigenvalue weighted by Crippen LogP contribution is 2.20. The van der Waals surface area contributed by atoms with Gasteiger partial charge >= 0.3 is 0 Å². The molecule has 1 aromatic carbocycles. The number of carbonyl (C=O) groups excluding carboxylic acids is 1. The molecule has 1 unspecified atom stereocenters. The van der Waals surface area contributed by atoms with Gasteiger partial charge in [-0.15, -0.1) is 0 Å². The Balaban J connectivity index is 1.60. The molecule has 23 heavy (non-hydrogen) atoms. The Bertz CT molecular complexity index is 468. The summed E-state index contributed by atoms with van der Waals surface area (Å²) in [4.78, 5) is 11.9. The molecule has 0 spiro atoms. The predicted octanol–water partition coefficient (Wildman–Crippen LogP) is 1.92. The summed E-state index contributed by atoms with van der Waals surface area (Å²) in [6, 6.07) is 7.75. The molecule has 0 saturated carbocycles. The van der Waals surface area contributed by atoms with E-state index in [1.54, 1.807) is 7.11 Å². The molecule has 1 aromatic rings. The number of amides is 1. The lowest BCUT2D eigenvalue weighted by Crippen LogP contribution is -2.32. The second kappa shape index (κ2) is 9.53. The van der Waals surface area contributed by atoms with Gasteiger partial charge in [-0.05, 0) is 49.3 Å². The summed E-state index contributed by atoms with van der Waals surface area (Å²) >= 11 is 0. The van der Waals surface area contributed by atoms with Gasteiger partial charge in [-0.3, -0.25) is 4.79 Å². The Morgan fingerprint density at radius 3 is 2.70 bits per heavy atom. The fraction of sp³-hybridized carbons (Fsp3) is 0.611. The molecule has 1 saturated heterocycles. The number of aliphatic hydroxyl groups is 1. The van der Waals surface area contributed by atoms with Crippen molar-refractivity contribution in [3.63, 3.8) is 0 Å². The van der Waals surface area contributed by atoms with E-state index in [0.29, 0.717) is 31.7 Å². The Morgan fingerprint density at radius 1 is 1.35 bits per heavy atom. The van der Waals surface area contributed by atoms with Gasteiger partial charge in [-0.25, -0.2) is 0 Å². The first-order valence-electron chi connectivity index (χ1n) is 8.34. The van der Waals surface area contributed by atoms with Crippen molar-refractivity contribution in [3.8, 4) is 5.75 Å². The SMILES string of the molecule is COc1ccc(CCC(=O)NCCC(O)C2CCOCC2)cc1. The lowest BCUT2D eigenvalue weighted by molar-refractivity contribution is -0.121. The topological polar surface area (TPSA) is 67.8 Å². The zero-order chi connectivity index (χ0) is 16.5. The van der Waals surface area contributed by atoms with Gasteiger partial charge in [0.1, 0.15) is 5.75 Å². The van der Waals surface area contributed by atoms with Crippen LogP contribution in [-0.4, -0.2) is 44.0 Å². The fourth-order valence-electron chi connectivity index (χ4n) is 2.83. The molecule has 0 aromatic heterocycles. The van der Waals surface area contributed by atoms with Crippen LogP contribution in [0.25, 0.3) is 0 Å². The van der Waals surface area contributed by atoms with Gasteiger partial charge in [0, 0.05) is 26.2 Å². The van der Waals surface area contributed by atoms with Gasteiger partial charge in [0.15, 0.2) is 0 Å². The zero-order valence-corrected chi connectivity index (χ0v) is 13.8. The van der Waals surface area contributed by atoms with Crippen LogP contribution in [0.15, 0.2) is 24.3 Å². The van der Waals surface area contributed by atoms with Crippen molar-refractivity contribution in [2.24, 2.45) is 5.92 Å².